The van der Waals surface area contributed by atoms with Crippen molar-refractivity contribution in [3.63, 3.8) is 0 Å². The average Bonchev–Trinajstić information content (AvgIpc) is 2.42. The average molecular weight is 320 g/mol. The Kier molecular flexibility index (Phi) is 3.76. The Morgan fingerprint density at radius 2 is 1.63 bits per heavy atom. The maximum Gasteiger partial charge on any atom is 0.0541 e. The van der Waals surface area contributed by atoms with Crippen LogP contribution in [0.2, 0.25) is 0 Å². The largest absolute Gasteiger partial charge is 0.393 e. The zero-order chi connectivity index (χ0) is 13.2. The maximum absolute atomic E-state index is 9.53. The molecular weight excluding hydrogens is 302 g/mol. The molecule has 0 spiro atoms. The maximum atomic E-state index is 9.53. The van der Waals surface area contributed by atoms with Crippen molar-refractivity contribution < 1.29 is 5.11 Å². The van der Waals surface area contributed by atoms with Gasteiger partial charge in [0.15, 0.2) is 0 Å². The third-order valence-corrected chi connectivity index (χ3v) is 4.36. The first-order valence-corrected chi connectivity index (χ1v) is 7.64. The highest BCUT2D eigenvalue weighted by Crippen LogP contribution is 2.26. The number of anilines is 1. The van der Waals surface area contributed by atoms with Crippen LogP contribution in [0.3, 0.4) is 0 Å². The minimum Gasteiger partial charge on any atom is -0.393 e. The minimum absolute atomic E-state index is 0.0907. The van der Waals surface area contributed by atoms with Gasteiger partial charge in [-0.25, -0.2) is 0 Å². The van der Waals surface area contributed by atoms with Crippen LogP contribution in [0.5, 0.6) is 0 Å². The van der Waals surface area contributed by atoms with Crippen LogP contribution in [0, 0.1) is 0 Å². The normalized spacial score (nSPS) is 23.5. The van der Waals surface area contributed by atoms with E-state index in [0.717, 1.165) is 30.2 Å². The second-order valence-corrected chi connectivity index (χ2v) is 6.27. The first-order valence-electron chi connectivity index (χ1n) is 6.84. The number of fused-ring (bicyclic) bond motifs is 1. The van der Waals surface area contributed by atoms with Crippen LogP contribution in [0.15, 0.2) is 40.9 Å². The van der Waals surface area contributed by atoms with E-state index in [0.29, 0.717) is 6.04 Å². The summed E-state index contributed by atoms with van der Waals surface area (Å²) >= 11 is 3.50. The van der Waals surface area contributed by atoms with E-state index in [-0.39, 0.29) is 6.10 Å². The predicted octanol–water partition coefficient (Wildman–Crippen LogP) is 4.32. The molecule has 3 rings (SSSR count). The monoisotopic (exact) mass is 319 g/mol. The van der Waals surface area contributed by atoms with Gasteiger partial charge in [0.1, 0.15) is 0 Å². The van der Waals surface area contributed by atoms with E-state index in [1.165, 1.54) is 16.5 Å². The number of rotatable bonds is 2. The van der Waals surface area contributed by atoms with E-state index in [1.54, 1.807) is 0 Å². The summed E-state index contributed by atoms with van der Waals surface area (Å²) in [7, 11) is 0. The standard InChI is InChI=1S/C16H18BrNO/c17-13-3-1-12-10-15(4-2-11(12)9-13)18-14-5-7-16(19)8-6-14/h1-4,9-10,14,16,18-19H,5-8H2. The lowest BCUT2D eigenvalue weighted by Gasteiger charge is -2.27. The van der Waals surface area contributed by atoms with Gasteiger partial charge in [0.25, 0.3) is 0 Å². The zero-order valence-electron chi connectivity index (χ0n) is 10.8. The molecule has 0 bridgehead atoms. The van der Waals surface area contributed by atoms with Gasteiger partial charge in [-0.1, -0.05) is 28.1 Å². The molecule has 0 aliphatic heterocycles. The molecule has 0 aromatic heterocycles. The molecule has 2 nitrogen and oxygen atoms in total. The highest BCUT2D eigenvalue weighted by Gasteiger charge is 2.18. The molecule has 0 radical (unpaired) electrons. The molecule has 2 aromatic rings. The molecular formula is C16H18BrNO. The summed E-state index contributed by atoms with van der Waals surface area (Å²) in [5.41, 5.74) is 1.18. The van der Waals surface area contributed by atoms with Gasteiger partial charge in [-0.2, -0.15) is 0 Å². The summed E-state index contributed by atoms with van der Waals surface area (Å²) in [6.45, 7) is 0. The Hall–Kier alpha value is -1.06. The van der Waals surface area contributed by atoms with E-state index in [2.05, 4.69) is 57.6 Å². The molecule has 3 heteroatoms. The van der Waals surface area contributed by atoms with Crippen LogP contribution in [0.25, 0.3) is 10.8 Å². The van der Waals surface area contributed by atoms with Crippen molar-refractivity contribution in [1.82, 2.24) is 0 Å². The Morgan fingerprint density at radius 3 is 2.42 bits per heavy atom. The van der Waals surface area contributed by atoms with Crippen LogP contribution in [0.4, 0.5) is 5.69 Å². The number of hydrogen-bond acceptors (Lipinski definition) is 2. The molecule has 1 fully saturated rings. The molecule has 0 amide bonds. The molecule has 2 N–H and O–H groups in total. The molecule has 1 saturated carbocycles. The van der Waals surface area contributed by atoms with Gasteiger partial charge in [0.05, 0.1) is 6.10 Å². The quantitative estimate of drug-likeness (QED) is 0.864. The fourth-order valence-electron chi connectivity index (χ4n) is 2.76. The van der Waals surface area contributed by atoms with Gasteiger partial charge in [-0.15, -0.1) is 0 Å². The van der Waals surface area contributed by atoms with Gasteiger partial charge in [-0.05, 0) is 60.7 Å². The molecule has 1 aliphatic carbocycles. The number of benzene rings is 2. The molecule has 0 unspecified atom stereocenters. The summed E-state index contributed by atoms with van der Waals surface area (Å²) in [5, 5.41) is 15.6. The van der Waals surface area contributed by atoms with Gasteiger partial charge in [-0.3, -0.25) is 0 Å². The van der Waals surface area contributed by atoms with E-state index >= 15 is 0 Å². The molecule has 0 atom stereocenters. The first-order chi connectivity index (χ1) is 9.20. The van der Waals surface area contributed by atoms with E-state index in [1.807, 2.05) is 0 Å². The Bertz CT molecular complexity index is 576. The Labute approximate surface area is 122 Å². The SMILES string of the molecule is OC1CCC(Nc2ccc3cc(Br)ccc3c2)CC1. The number of nitrogens with one attached hydrogen (secondary N) is 1. The van der Waals surface area contributed by atoms with Crippen molar-refractivity contribution in [2.75, 3.05) is 5.32 Å². The van der Waals surface area contributed by atoms with E-state index < -0.39 is 0 Å². The van der Waals surface area contributed by atoms with Crippen molar-refractivity contribution in [3.05, 3.63) is 40.9 Å². The summed E-state index contributed by atoms with van der Waals surface area (Å²) < 4.78 is 1.11. The van der Waals surface area contributed by atoms with Crippen LogP contribution in [-0.4, -0.2) is 17.3 Å². The molecule has 2 aromatic carbocycles. The minimum atomic E-state index is -0.0907. The topological polar surface area (TPSA) is 32.3 Å². The molecule has 1 aliphatic rings. The number of aliphatic hydroxyl groups excluding tert-OH is 1. The molecule has 100 valence electrons. The van der Waals surface area contributed by atoms with Crippen LogP contribution < -0.4 is 5.32 Å². The second-order valence-electron chi connectivity index (χ2n) is 5.36. The molecule has 19 heavy (non-hydrogen) atoms. The fourth-order valence-corrected chi connectivity index (χ4v) is 3.14. The Balaban J connectivity index is 1.76. The lowest BCUT2D eigenvalue weighted by molar-refractivity contribution is 0.126. The highest BCUT2D eigenvalue weighted by molar-refractivity contribution is 9.10. The van der Waals surface area contributed by atoms with Crippen LogP contribution in [0.1, 0.15) is 25.7 Å². The van der Waals surface area contributed by atoms with Gasteiger partial charge >= 0.3 is 0 Å². The predicted molar refractivity (Wildman–Crippen MR) is 83.5 cm³/mol. The lowest BCUT2D eigenvalue weighted by atomic mass is 9.93. The van der Waals surface area contributed by atoms with Crippen molar-refractivity contribution in [3.8, 4) is 0 Å². The molecule has 0 heterocycles. The number of hydrogen-bond donors (Lipinski definition) is 2. The van der Waals surface area contributed by atoms with Crippen molar-refractivity contribution in [2.24, 2.45) is 0 Å². The summed E-state index contributed by atoms with van der Waals surface area (Å²) in [5.74, 6) is 0. The van der Waals surface area contributed by atoms with Crippen molar-refractivity contribution >= 4 is 32.4 Å². The first kappa shape index (κ1) is 12.9. The van der Waals surface area contributed by atoms with Crippen LogP contribution in [-0.2, 0) is 0 Å². The second kappa shape index (κ2) is 5.51. The van der Waals surface area contributed by atoms with Crippen molar-refractivity contribution in [2.45, 2.75) is 37.8 Å². The fraction of sp³-hybridized carbons (Fsp3) is 0.375. The van der Waals surface area contributed by atoms with Gasteiger partial charge in [0, 0.05) is 16.2 Å². The lowest BCUT2D eigenvalue weighted by Crippen LogP contribution is -2.28. The van der Waals surface area contributed by atoms with Crippen LogP contribution >= 0.6 is 15.9 Å². The summed E-state index contributed by atoms with van der Waals surface area (Å²) in [4.78, 5) is 0. The summed E-state index contributed by atoms with van der Waals surface area (Å²) in [6, 6.07) is 13.3. The van der Waals surface area contributed by atoms with E-state index in [4.69, 9.17) is 0 Å². The highest BCUT2D eigenvalue weighted by atomic mass is 79.9. The zero-order valence-corrected chi connectivity index (χ0v) is 12.4. The smallest absolute Gasteiger partial charge is 0.0541 e. The Morgan fingerprint density at radius 1 is 0.947 bits per heavy atom. The van der Waals surface area contributed by atoms with Gasteiger partial charge in [0.2, 0.25) is 0 Å². The van der Waals surface area contributed by atoms with Crippen molar-refractivity contribution in [1.29, 1.82) is 0 Å². The third kappa shape index (κ3) is 3.10. The summed E-state index contributed by atoms with van der Waals surface area (Å²) in [6.07, 6.45) is 3.85. The number of aliphatic hydroxyl groups is 1. The van der Waals surface area contributed by atoms with Gasteiger partial charge < -0.3 is 10.4 Å². The van der Waals surface area contributed by atoms with E-state index in [9.17, 15) is 5.11 Å². The molecule has 0 saturated heterocycles. The third-order valence-electron chi connectivity index (χ3n) is 3.87. The number of halogens is 1.